The number of aryl methyl sites for hydroxylation is 2. The predicted molar refractivity (Wildman–Crippen MR) is 127 cm³/mol. The molecule has 0 saturated carbocycles. The van der Waals surface area contributed by atoms with Gasteiger partial charge in [-0.05, 0) is 56.3 Å². The molecule has 0 bridgehead atoms. The largest absolute Gasteiger partial charge is 0.515 e. The summed E-state index contributed by atoms with van der Waals surface area (Å²) in [6.45, 7) is -0.0488. The quantitative estimate of drug-likeness (QED) is 0.179. The number of methoxy groups -OCH3 is 1. The molecule has 0 heterocycles. The van der Waals surface area contributed by atoms with E-state index in [0.717, 1.165) is 29.9 Å². The number of hydrogen-bond acceptors (Lipinski definition) is 7. The van der Waals surface area contributed by atoms with Crippen molar-refractivity contribution in [2.24, 2.45) is 0 Å². The van der Waals surface area contributed by atoms with Crippen LogP contribution in [0.15, 0.2) is 48.5 Å². The van der Waals surface area contributed by atoms with Crippen LogP contribution in [0.4, 0.5) is 4.20 Å². The van der Waals surface area contributed by atoms with Crippen LogP contribution in [0.1, 0.15) is 11.1 Å². The number of hydrogen-bond donors (Lipinski definition) is 0. The van der Waals surface area contributed by atoms with E-state index < -0.39 is 20.8 Å². The third kappa shape index (κ3) is 10.9. The lowest BCUT2D eigenvalue weighted by Crippen LogP contribution is -2.34. The fraction of sp³-hybridized carbons (Fsp3) is 0.478. The Kier molecular flexibility index (Phi) is 12.2. The second kappa shape index (κ2) is 14.6. The molecule has 0 spiro atoms. The van der Waals surface area contributed by atoms with Gasteiger partial charge in [0.05, 0.1) is 13.7 Å². The van der Waals surface area contributed by atoms with Gasteiger partial charge in [-0.15, -0.1) is 15.8 Å². The average molecular weight is 504 g/mol. The van der Waals surface area contributed by atoms with Crippen LogP contribution in [0, 0.1) is 0 Å². The van der Waals surface area contributed by atoms with Crippen molar-refractivity contribution in [1.29, 1.82) is 0 Å². The van der Waals surface area contributed by atoms with Crippen molar-refractivity contribution in [3.8, 4) is 11.5 Å². The number of nitrogens with zero attached hydrogens (tertiary/aromatic N) is 1. The maximum atomic E-state index is 13.7. The summed E-state index contributed by atoms with van der Waals surface area (Å²) in [6, 6.07) is 15.8. The lowest BCUT2D eigenvalue weighted by molar-refractivity contribution is -0.0683. The zero-order valence-corrected chi connectivity index (χ0v) is 20.9. The molecule has 0 fully saturated rings. The van der Waals surface area contributed by atoms with Crippen molar-refractivity contribution in [3.05, 3.63) is 59.7 Å². The standard InChI is InChI=1S/C23H32ClFNO6P/c1-26(2)16-22(30-18-32-33(25,27)31-14-13-24)17-29-23-10-5-4-8-20(23)12-11-19-7-6-9-21(15-19)28-3/h4-10,15,22H,11-14,16-18H2,1-3H3/t22-,33-/m0/s1. The first-order valence-corrected chi connectivity index (χ1v) is 12.5. The summed E-state index contributed by atoms with van der Waals surface area (Å²) < 4.78 is 51.2. The normalized spacial score (nSPS) is 14.1. The monoisotopic (exact) mass is 503 g/mol. The minimum absolute atomic E-state index is 0.00640. The van der Waals surface area contributed by atoms with Crippen LogP contribution in [0.5, 0.6) is 11.5 Å². The second-order valence-electron chi connectivity index (χ2n) is 7.52. The molecule has 2 aromatic carbocycles. The molecule has 0 unspecified atom stereocenters. The molecule has 2 atom stereocenters. The Labute approximate surface area is 200 Å². The Bertz CT molecular complexity index is 888. The van der Waals surface area contributed by atoms with Gasteiger partial charge in [-0.2, -0.15) is 0 Å². The number of halogens is 2. The fourth-order valence-electron chi connectivity index (χ4n) is 3.07. The molecule has 0 aliphatic carbocycles. The third-order valence-corrected chi connectivity index (χ3v) is 5.68. The number of rotatable bonds is 16. The van der Waals surface area contributed by atoms with Crippen LogP contribution in [0.25, 0.3) is 0 Å². The zero-order chi connectivity index (χ0) is 24.1. The Morgan fingerprint density at radius 3 is 2.61 bits per heavy atom. The van der Waals surface area contributed by atoms with Gasteiger partial charge in [0.25, 0.3) is 0 Å². The van der Waals surface area contributed by atoms with Crippen molar-refractivity contribution < 1.29 is 32.0 Å². The Morgan fingerprint density at radius 1 is 1.09 bits per heavy atom. The summed E-state index contributed by atoms with van der Waals surface area (Å²) >= 11 is 5.41. The Morgan fingerprint density at radius 2 is 1.88 bits per heavy atom. The Hall–Kier alpha value is -1.67. The zero-order valence-electron chi connectivity index (χ0n) is 19.2. The molecule has 0 aliphatic heterocycles. The van der Waals surface area contributed by atoms with E-state index in [1.54, 1.807) is 7.11 Å². The molecule has 184 valence electrons. The fourth-order valence-corrected chi connectivity index (χ4v) is 3.83. The van der Waals surface area contributed by atoms with Crippen LogP contribution in [0.3, 0.4) is 0 Å². The highest BCUT2D eigenvalue weighted by Crippen LogP contribution is 2.49. The van der Waals surface area contributed by atoms with Gasteiger partial charge in [-0.25, -0.2) is 4.57 Å². The van der Waals surface area contributed by atoms with Crippen LogP contribution >= 0.6 is 19.5 Å². The van der Waals surface area contributed by atoms with Crippen LogP contribution < -0.4 is 9.47 Å². The average Bonchev–Trinajstić information content (AvgIpc) is 2.80. The van der Waals surface area contributed by atoms with Gasteiger partial charge >= 0.3 is 7.91 Å². The maximum Gasteiger partial charge on any atom is 0.515 e. The summed E-state index contributed by atoms with van der Waals surface area (Å²) in [5, 5.41) is 0. The van der Waals surface area contributed by atoms with Crippen molar-refractivity contribution >= 4 is 19.5 Å². The van der Waals surface area contributed by atoms with Gasteiger partial charge in [0.15, 0.2) is 6.79 Å². The minimum atomic E-state index is -4.70. The number of benzene rings is 2. The molecule has 33 heavy (non-hydrogen) atoms. The van der Waals surface area contributed by atoms with Gasteiger partial charge in [-0.1, -0.05) is 30.3 Å². The summed E-state index contributed by atoms with van der Waals surface area (Å²) in [6.07, 6.45) is 1.17. The van der Waals surface area contributed by atoms with Gasteiger partial charge in [0, 0.05) is 12.4 Å². The van der Waals surface area contributed by atoms with E-state index >= 15 is 0 Å². The molecule has 0 N–H and O–H groups in total. The van der Waals surface area contributed by atoms with Crippen LogP contribution in [0.2, 0.25) is 0 Å². The number of para-hydroxylation sites is 1. The van der Waals surface area contributed by atoms with E-state index in [2.05, 4.69) is 15.1 Å². The van der Waals surface area contributed by atoms with Crippen LogP contribution in [-0.2, 0) is 31.2 Å². The summed E-state index contributed by atoms with van der Waals surface area (Å²) in [4.78, 5) is 1.90. The van der Waals surface area contributed by atoms with Crippen LogP contribution in [-0.4, -0.2) is 64.6 Å². The third-order valence-electron chi connectivity index (χ3n) is 4.62. The maximum absolute atomic E-state index is 13.7. The first kappa shape index (κ1) is 27.6. The summed E-state index contributed by atoms with van der Waals surface area (Å²) in [5.41, 5.74) is 2.23. The second-order valence-corrected chi connectivity index (χ2v) is 9.28. The molecule has 7 nitrogen and oxygen atoms in total. The van der Waals surface area contributed by atoms with E-state index in [-0.39, 0.29) is 19.1 Å². The number of likely N-dealkylation sites (N-methyl/N-ethyl adjacent to an activating group) is 1. The van der Waals surface area contributed by atoms with Crippen molar-refractivity contribution in [2.75, 3.05) is 53.6 Å². The molecule has 2 rings (SSSR count). The van der Waals surface area contributed by atoms with Gasteiger partial charge in [-0.3, -0.25) is 9.05 Å². The summed E-state index contributed by atoms with van der Waals surface area (Å²) in [5.74, 6) is 1.58. The highest BCUT2D eigenvalue weighted by atomic mass is 35.5. The lowest BCUT2D eigenvalue weighted by atomic mass is 10.0. The Balaban J connectivity index is 1.93. The van der Waals surface area contributed by atoms with Crippen molar-refractivity contribution in [2.45, 2.75) is 18.9 Å². The van der Waals surface area contributed by atoms with E-state index in [9.17, 15) is 8.76 Å². The molecular weight excluding hydrogens is 472 g/mol. The molecule has 2 aromatic rings. The van der Waals surface area contributed by atoms with Gasteiger partial charge < -0.3 is 19.1 Å². The SMILES string of the molecule is COc1cccc(CCc2ccccc2OC[C@H](CN(C)C)OCO[P@](=O)(F)OCCCl)c1. The first-order valence-electron chi connectivity index (χ1n) is 10.6. The van der Waals surface area contributed by atoms with E-state index in [1.807, 2.05) is 61.5 Å². The molecule has 0 aliphatic rings. The van der Waals surface area contributed by atoms with Gasteiger partial charge in [0.1, 0.15) is 24.2 Å². The summed E-state index contributed by atoms with van der Waals surface area (Å²) in [7, 11) is 0.706. The molecular formula is C23H32ClFNO6P. The highest BCUT2D eigenvalue weighted by molar-refractivity contribution is 7.48. The van der Waals surface area contributed by atoms with Gasteiger partial charge in [0.2, 0.25) is 0 Å². The first-order chi connectivity index (χ1) is 15.8. The highest BCUT2D eigenvalue weighted by Gasteiger charge is 2.25. The number of ether oxygens (including phenoxy) is 3. The number of alkyl halides is 1. The lowest BCUT2D eigenvalue weighted by Gasteiger charge is -2.23. The molecule has 0 radical (unpaired) electrons. The molecule has 0 amide bonds. The van der Waals surface area contributed by atoms with E-state index in [0.29, 0.717) is 6.54 Å². The van der Waals surface area contributed by atoms with E-state index in [4.69, 9.17) is 25.8 Å². The molecule has 0 aromatic heterocycles. The molecule has 10 heteroatoms. The smallest absolute Gasteiger partial charge is 0.497 e. The van der Waals surface area contributed by atoms with Crippen molar-refractivity contribution in [1.82, 2.24) is 4.90 Å². The minimum Gasteiger partial charge on any atom is -0.497 e. The predicted octanol–water partition coefficient (Wildman–Crippen LogP) is 5.11. The van der Waals surface area contributed by atoms with E-state index in [1.165, 1.54) is 5.56 Å². The van der Waals surface area contributed by atoms with Crippen molar-refractivity contribution in [3.63, 3.8) is 0 Å². The molecule has 0 saturated heterocycles. The topological polar surface area (TPSA) is 66.5 Å².